The fourth-order valence-electron chi connectivity index (χ4n) is 2.28. The molecule has 0 amide bonds. The van der Waals surface area contributed by atoms with Crippen LogP contribution in [0.1, 0.15) is 18.1 Å². The van der Waals surface area contributed by atoms with Gasteiger partial charge in [0.15, 0.2) is 0 Å². The van der Waals surface area contributed by atoms with Gasteiger partial charge in [-0.05, 0) is 25.6 Å². The van der Waals surface area contributed by atoms with E-state index in [1.807, 2.05) is 18.2 Å². The van der Waals surface area contributed by atoms with Crippen LogP contribution < -0.4 is 0 Å². The third-order valence-corrected chi connectivity index (χ3v) is 3.58. The lowest BCUT2D eigenvalue weighted by Gasteiger charge is -2.37. The van der Waals surface area contributed by atoms with E-state index in [0.29, 0.717) is 6.04 Å². The van der Waals surface area contributed by atoms with Gasteiger partial charge in [0.25, 0.3) is 0 Å². The van der Waals surface area contributed by atoms with Crippen molar-refractivity contribution in [3.63, 3.8) is 0 Å². The second kappa shape index (κ2) is 5.31. The monoisotopic (exact) mass is 229 g/mol. The maximum Gasteiger partial charge on any atom is 0.0995 e. The third-order valence-electron chi connectivity index (χ3n) is 3.58. The first kappa shape index (κ1) is 12.1. The molecular formula is C14H19N3. The number of nitriles is 1. The molecule has 1 aliphatic rings. The average molecular weight is 229 g/mol. The van der Waals surface area contributed by atoms with Gasteiger partial charge in [-0.25, -0.2) is 0 Å². The highest BCUT2D eigenvalue weighted by Gasteiger charge is 2.20. The maximum atomic E-state index is 9.07. The Bertz CT molecular complexity index is 422. The zero-order chi connectivity index (χ0) is 12.3. The molecule has 1 saturated heterocycles. The number of nitrogens with zero attached hydrogens (tertiary/aromatic N) is 3. The lowest BCUT2D eigenvalue weighted by atomic mass is 10.1. The van der Waals surface area contributed by atoms with Crippen LogP contribution in [-0.4, -0.2) is 42.5 Å². The predicted molar refractivity (Wildman–Crippen MR) is 68.5 cm³/mol. The van der Waals surface area contributed by atoms with E-state index in [1.165, 1.54) is 0 Å². The Morgan fingerprint density at radius 1 is 1.35 bits per heavy atom. The van der Waals surface area contributed by atoms with Crippen molar-refractivity contribution in [3.8, 4) is 6.07 Å². The van der Waals surface area contributed by atoms with Crippen molar-refractivity contribution in [2.45, 2.75) is 19.5 Å². The fraction of sp³-hybridized carbons (Fsp3) is 0.500. The van der Waals surface area contributed by atoms with E-state index in [-0.39, 0.29) is 0 Å². The Balaban J connectivity index is 2.04. The number of piperazine rings is 1. The summed E-state index contributed by atoms with van der Waals surface area (Å²) in [6.07, 6.45) is 0. The highest BCUT2D eigenvalue weighted by molar-refractivity contribution is 5.37. The van der Waals surface area contributed by atoms with Gasteiger partial charge < -0.3 is 4.90 Å². The van der Waals surface area contributed by atoms with Crippen LogP contribution in [0.4, 0.5) is 0 Å². The Kier molecular flexibility index (Phi) is 3.78. The molecule has 0 aromatic heterocycles. The first-order valence-corrected chi connectivity index (χ1v) is 6.11. The molecular weight excluding hydrogens is 210 g/mol. The lowest BCUT2D eigenvalue weighted by Crippen LogP contribution is -2.49. The SMILES string of the molecule is CC1CN(Cc2ccccc2C#N)CCN1C. The van der Waals surface area contributed by atoms with Gasteiger partial charge in [0, 0.05) is 32.2 Å². The number of benzene rings is 1. The van der Waals surface area contributed by atoms with Crippen LogP contribution in [0.2, 0.25) is 0 Å². The van der Waals surface area contributed by atoms with E-state index in [0.717, 1.165) is 37.3 Å². The van der Waals surface area contributed by atoms with Crippen molar-refractivity contribution >= 4 is 0 Å². The zero-order valence-corrected chi connectivity index (χ0v) is 10.6. The van der Waals surface area contributed by atoms with Crippen molar-refractivity contribution in [3.05, 3.63) is 35.4 Å². The van der Waals surface area contributed by atoms with Crippen LogP contribution in [0.15, 0.2) is 24.3 Å². The van der Waals surface area contributed by atoms with Crippen molar-refractivity contribution in [1.29, 1.82) is 5.26 Å². The topological polar surface area (TPSA) is 30.3 Å². The molecule has 90 valence electrons. The summed E-state index contributed by atoms with van der Waals surface area (Å²) in [4.78, 5) is 4.81. The van der Waals surface area contributed by atoms with Crippen LogP contribution >= 0.6 is 0 Å². The molecule has 1 aromatic carbocycles. The second-order valence-corrected chi connectivity index (χ2v) is 4.83. The normalized spacial score (nSPS) is 22.3. The van der Waals surface area contributed by atoms with Crippen LogP contribution in [0.3, 0.4) is 0 Å². The maximum absolute atomic E-state index is 9.07. The largest absolute Gasteiger partial charge is 0.301 e. The molecule has 1 atom stereocenters. The molecule has 3 nitrogen and oxygen atoms in total. The Labute approximate surface area is 103 Å². The number of likely N-dealkylation sites (N-methyl/N-ethyl adjacent to an activating group) is 1. The summed E-state index contributed by atoms with van der Waals surface area (Å²) in [5, 5.41) is 9.07. The first-order chi connectivity index (χ1) is 8.20. The van der Waals surface area contributed by atoms with Crippen LogP contribution in [-0.2, 0) is 6.54 Å². The van der Waals surface area contributed by atoms with Gasteiger partial charge in [-0.1, -0.05) is 18.2 Å². The minimum absolute atomic E-state index is 0.595. The second-order valence-electron chi connectivity index (χ2n) is 4.83. The lowest BCUT2D eigenvalue weighted by molar-refractivity contribution is 0.0999. The molecule has 0 saturated carbocycles. The molecule has 2 rings (SSSR count). The molecule has 1 fully saturated rings. The van der Waals surface area contributed by atoms with E-state index in [1.54, 1.807) is 0 Å². The van der Waals surface area contributed by atoms with E-state index >= 15 is 0 Å². The quantitative estimate of drug-likeness (QED) is 0.773. The van der Waals surface area contributed by atoms with E-state index in [9.17, 15) is 0 Å². The molecule has 3 heteroatoms. The van der Waals surface area contributed by atoms with Crippen molar-refractivity contribution in [1.82, 2.24) is 9.80 Å². The number of hydrogen-bond donors (Lipinski definition) is 0. The smallest absolute Gasteiger partial charge is 0.0995 e. The Morgan fingerprint density at radius 2 is 2.12 bits per heavy atom. The minimum Gasteiger partial charge on any atom is -0.301 e. The molecule has 1 heterocycles. The summed E-state index contributed by atoms with van der Waals surface area (Å²) in [7, 11) is 2.17. The molecule has 17 heavy (non-hydrogen) atoms. The highest BCUT2D eigenvalue weighted by Crippen LogP contribution is 2.14. The van der Waals surface area contributed by atoms with E-state index < -0.39 is 0 Å². The predicted octanol–water partition coefficient (Wildman–Crippen LogP) is 1.69. The van der Waals surface area contributed by atoms with Gasteiger partial charge in [0.05, 0.1) is 11.6 Å². The van der Waals surface area contributed by atoms with Crippen molar-refractivity contribution in [2.24, 2.45) is 0 Å². The van der Waals surface area contributed by atoms with E-state index in [2.05, 4.69) is 35.9 Å². The molecule has 0 N–H and O–H groups in total. The minimum atomic E-state index is 0.595. The van der Waals surface area contributed by atoms with Gasteiger partial charge in [0.2, 0.25) is 0 Å². The average Bonchev–Trinajstić information content (AvgIpc) is 2.34. The van der Waals surface area contributed by atoms with Crippen LogP contribution in [0.25, 0.3) is 0 Å². The Hall–Kier alpha value is -1.37. The van der Waals surface area contributed by atoms with Crippen LogP contribution in [0, 0.1) is 11.3 Å². The molecule has 1 unspecified atom stereocenters. The summed E-state index contributed by atoms with van der Waals surface area (Å²) < 4.78 is 0. The highest BCUT2D eigenvalue weighted by atomic mass is 15.3. The first-order valence-electron chi connectivity index (χ1n) is 6.11. The van der Waals surface area contributed by atoms with Crippen LogP contribution in [0.5, 0.6) is 0 Å². The number of hydrogen-bond acceptors (Lipinski definition) is 3. The summed E-state index contributed by atoms with van der Waals surface area (Å²) in [5.74, 6) is 0. The zero-order valence-electron chi connectivity index (χ0n) is 10.6. The molecule has 1 aliphatic heterocycles. The summed E-state index contributed by atoms with van der Waals surface area (Å²) >= 11 is 0. The molecule has 0 radical (unpaired) electrons. The van der Waals surface area contributed by atoms with Gasteiger partial charge in [-0.2, -0.15) is 5.26 Å². The molecule has 1 aromatic rings. The molecule has 0 spiro atoms. The summed E-state index contributed by atoms with van der Waals surface area (Å²) in [6, 6.07) is 10.8. The van der Waals surface area contributed by atoms with Gasteiger partial charge in [-0.3, -0.25) is 4.90 Å². The third kappa shape index (κ3) is 2.85. The standard InChI is InChI=1S/C14H19N3/c1-12-10-17(8-7-16(12)2)11-14-6-4-3-5-13(14)9-15/h3-6,12H,7-8,10-11H2,1-2H3. The Morgan fingerprint density at radius 3 is 2.82 bits per heavy atom. The summed E-state index contributed by atoms with van der Waals surface area (Å²) in [6.45, 7) is 6.41. The van der Waals surface area contributed by atoms with Gasteiger partial charge in [0.1, 0.15) is 0 Å². The molecule has 0 aliphatic carbocycles. The van der Waals surface area contributed by atoms with Crippen molar-refractivity contribution < 1.29 is 0 Å². The number of rotatable bonds is 2. The van der Waals surface area contributed by atoms with Crippen molar-refractivity contribution in [2.75, 3.05) is 26.7 Å². The van der Waals surface area contributed by atoms with Gasteiger partial charge in [-0.15, -0.1) is 0 Å². The summed E-state index contributed by atoms with van der Waals surface area (Å²) in [5.41, 5.74) is 1.95. The fourth-order valence-corrected chi connectivity index (χ4v) is 2.28. The van der Waals surface area contributed by atoms with E-state index in [4.69, 9.17) is 5.26 Å². The molecule has 0 bridgehead atoms. The van der Waals surface area contributed by atoms with Gasteiger partial charge >= 0.3 is 0 Å².